The van der Waals surface area contributed by atoms with E-state index in [0.717, 1.165) is 16.7 Å². The van der Waals surface area contributed by atoms with Gasteiger partial charge in [-0.25, -0.2) is 4.39 Å². The molecule has 30 heavy (non-hydrogen) atoms. The van der Waals surface area contributed by atoms with Gasteiger partial charge in [-0.2, -0.15) is 4.98 Å². The fourth-order valence-electron chi connectivity index (χ4n) is 3.70. The van der Waals surface area contributed by atoms with Crippen LogP contribution in [0.2, 0.25) is 0 Å². The van der Waals surface area contributed by atoms with Gasteiger partial charge in [0.1, 0.15) is 5.82 Å². The van der Waals surface area contributed by atoms with E-state index in [-0.39, 0.29) is 17.6 Å². The Kier molecular flexibility index (Phi) is 4.59. The molecule has 148 valence electrons. The van der Waals surface area contributed by atoms with E-state index in [1.54, 1.807) is 17.0 Å². The second kappa shape index (κ2) is 7.55. The summed E-state index contributed by atoms with van der Waals surface area (Å²) in [6.45, 7) is 0.441. The fraction of sp³-hybridized carbons (Fsp3) is 0.125. The van der Waals surface area contributed by atoms with Crippen molar-refractivity contribution in [3.05, 3.63) is 90.5 Å². The van der Waals surface area contributed by atoms with Crippen molar-refractivity contribution in [1.82, 2.24) is 10.1 Å². The van der Waals surface area contributed by atoms with Gasteiger partial charge in [0.2, 0.25) is 5.91 Å². The summed E-state index contributed by atoms with van der Waals surface area (Å²) in [4.78, 5) is 18.6. The van der Waals surface area contributed by atoms with Gasteiger partial charge in [-0.15, -0.1) is 0 Å². The summed E-state index contributed by atoms with van der Waals surface area (Å²) >= 11 is 0. The summed E-state index contributed by atoms with van der Waals surface area (Å²) in [5.41, 5.74) is 3.74. The predicted molar refractivity (Wildman–Crippen MR) is 111 cm³/mol. The summed E-state index contributed by atoms with van der Waals surface area (Å²) in [7, 11) is 0. The van der Waals surface area contributed by atoms with Crippen LogP contribution in [0.5, 0.6) is 0 Å². The SMILES string of the molecule is O=C1CC(c2noc(-c3ccc(-c4ccccc4)cc3)n2)CN1c1ccc(F)cc1. The first-order chi connectivity index (χ1) is 14.7. The summed E-state index contributed by atoms with van der Waals surface area (Å²) in [6, 6.07) is 24.0. The van der Waals surface area contributed by atoms with Crippen molar-refractivity contribution in [2.24, 2.45) is 0 Å². The molecule has 2 heterocycles. The molecule has 1 aliphatic rings. The topological polar surface area (TPSA) is 59.2 Å². The van der Waals surface area contributed by atoms with Crippen molar-refractivity contribution < 1.29 is 13.7 Å². The van der Waals surface area contributed by atoms with Crippen LogP contribution in [0.3, 0.4) is 0 Å². The van der Waals surface area contributed by atoms with Gasteiger partial charge < -0.3 is 9.42 Å². The molecule has 1 aromatic heterocycles. The van der Waals surface area contributed by atoms with Crippen LogP contribution in [0.25, 0.3) is 22.6 Å². The summed E-state index contributed by atoms with van der Waals surface area (Å²) < 4.78 is 18.6. The third-order valence-electron chi connectivity index (χ3n) is 5.31. The third kappa shape index (κ3) is 3.48. The first-order valence-electron chi connectivity index (χ1n) is 9.73. The summed E-state index contributed by atoms with van der Waals surface area (Å²) in [6.07, 6.45) is 0.295. The molecule has 0 N–H and O–H groups in total. The number of rotatable bonds is 4. The molecule has 1 aliphatic heterocycles. The Morgan fingerprint density at radius 2 is 1.53 bits per heavy atom. The molecule has 5 rings (SSSR count). The van der Waals surface area contributed by atoms with E-state index in [0.29, 0.717) is 30.4 Å². The highest BCUT2D eigenvalue weighted by Crippen LogP contribution is 2.32. The Balaban J connectivity index is 1.33. The number of benzene rings is 3. The highest BCUT2D eigenvalue weighted by Gasteiger charge is 2.34. The van der Waals surface area contributed by atoms with Gasteiger partial charge in [0.15, 0.2) is 5.82 Å². The van der Waals surface area contributed by atoms with Crippen LogP contribution in [0.4, 0.5) is 10.1 Å². The van der Waals surface area contributed by atoms with E-state index >= 15 is 0 Å². The maximum absolute atomic E-state index is 13.2. The zero-order valence-corrected chi connectivity index (χ0v) is 16.0. The first kappa shape index (κ1) is 18.2. The van der Waals surface area contributed by atoms with Gasteiger partial charge in [-0.05, 0) is 47.5 Å². The molecule has 1 saturated heterocycles. The Hall–Kier alpha value is -3.80. The number of nitrogens with zero attached hydrogens (tertiary/aromatic N) is 3. The van der Waals surface area contributed by atoms with E-state index in [1.807, 2.05) is 42.5 Å². The highest BCUT2D eigenvalue weighted by atomic mass is 19.1. The smallest absolute Gasteiger partial charge is 0.257 e. The molecule has 0 radical (unpaired) electrons. The largest absolute Gasteiger partial charge is 0.334 e. The summed E-state index contributed by atoms with van der Waals surface area (Å²) in [5.74, 6) is 0.407. The molecule has 1 amide bonds. The van der Waals surface area contributed by atoms with Gasteiger partial charge in [0.25, 0.3) is 5.89 Å². The molecule has 1 fully saturated rings. The van der Waals surface area contributed by atoms with Crippen LogP contribution in [0.1, 0.15) is 18.2 Å². The van der Waals surface area contributed by atoms with Gasteiger partial charge in [0, 0.05) is 30.1 Å². The Morgan fingerprint density at radius 3 is 2.27 bits per heavy atom. The first-order valence-corrected chi connectivity index (χ1v) is 9.73. The molecule has 0 aliphatic carbocycles. The lowest BCUT2D eigenvalue weighted by Gasteiger charge is -2.15. The van der Waals surface area contributed by atoms with Crippen LogP contribution in [-0.4, -0.2) is 22.6 Å². The number of hydrogen-bond donors (Lipinski definition) is 0. The molecule has 0 saturated carbocycles. The molecule has 0 bridgehead atoms. The molecule has 1 atom stereocenters. The van der Waals surface area contributed by atoms with Crippen LogP contribution < -0.4 is 4.90 Å². The maximum Gasteiger partial charge on any atom is 0.257 e. The lowest BCUT2D eigenvalue weighted by Crippen LogP contribution is -2.24. The second-order valence-corrected chi connectivity index (χ2v) is 7.28. The van der Waals surface area contributed by atoms with Gasteiger partial charge in [0.05, 0.1) is 0 Å². The Morgan fingerprint density at radius 1 is 0.867 bits per heavy atom. The average molecular weight is 399 g/mol. The van der Waals surface area contributed by atoms with Gasteiger partial charge >= 0.3 is 0 Å². The standard InChI is InChI=1S/C24H18FN3O2/c25-20-10-12-21(13-11-20)28-15-19(14-22(28)29)23-26-24(30-27-23)18-8-6-17(7-9-18)16-4-2-1-3-5-16/h1-13,19H,14-15H2. The van der Waals surface area contributed by atoms with E-state index in [1.165, 1.54) is 12.1 Å². The molecule has 5 nitrogen and oxygen atoms in total. The molecule has 3 aromatic carbocycles. The number of hydrogen-bond acceptors (Lipinski definition) is 4. The van der Waals surface area contributed by atoms with Crippen molar-refractivity contribution in [3.63, 3.8) is 0 Å². The lowest BCUT2D eigenvalue weighted by molar-refractivity contribution is -0.117. The van der Waals surface area contributed by atoms with Crippen LogP contribution in [-0.2, 0) is 4.79 Å². The quantitative estimate of drug-likeness (QED) is 0.481. The molecule has 4 aromatic rings. The van der Waals surface area contributed by atoms with Crippen molar-refractivity contribution in [2.75, 3.05) is 11.4 Å². The average Bonchev–Trinajstić information content (AvgIpc) is 3.42. The molecule has 6 heteroatoms. The minimum atomic E-state index is -0.331. The van der Waals surface area contributed by atoms with E-state index in [2.05, 4.69) is 22.3 Å². The monoisotopic (exact) mass is 399 g/mol. The van der Waals surface area contributed by atoms with E-state index in [4.69, 9.17) is 4.52 Å². The maximum atomic E-state index is 13.2. The number of aromatic nitrogens is 2. The minimum Gasteiger partial charge on any atom is -0.334 e. The van der Waals surface area contributed by atoms with Crippen molar-refractivity contribution in [2.45, 2.75) is 12.3 Å². The second-order valence-electron chi connectivity index (χ2n) is 7.28. The van der Waals surface area contributed by atoms with E-state index < -0.39 is 0 Å². The lowest BCUT2D eigenvalue weighted by atomic mass is 10.0. The van der Waals surface area contributed by atoms with E-state index in [9.17, 15) is 9.18 Å². The van der Waals surface area contributed by atoms with Crippen LogP contribution >= 0.6 is 0 Å². The normalized spacial score (nSPS) is 16.2. The van der Waals surface area contributed by atoms with Crippen LogP contribution in [0, 0.1) is 5.82 Å². The zero-order chi connectivity index (χ0) is 20.5. The number of halogens is 1. The number of carbonyl (C=O) groups excluding carboxylic acids is 1. The number of carbonyl (C=O) groups is 1. The number of anilines is 1. The van der Waals surface area contributed by atoms with Crippen LogP contribution in [0.15, 0.2) is 83.4 Å². The highest BCUT2D eigenvalue weighted by molar-refractivity contribution is 5.96. The molecule has 1 unspecified atom stereocenters. The molecule has 0 spiro atoms. The van der Waals surface area contributed by atoms with Crippen molar-refractivity contribution in [1.29, 1.82) is 0 Å². The zero-order valence-electron chi connectivity index (χ0n) is 16.0. The summed E-state index contributed by atoms with van der Waals surface area (Å²) in [5, 5.41) is 4.11. The van der Waals surface area contributed by atoms with Gasteiger partial charge in [-0.1, -0.05) is 47.6 Å². The number of amides is 1. The molecular weight excluding hydrogens is 381 g/mol. The predicted octanol–water partition coefficient (Wildman–Crippen LogP) is 5.06. The van der Waals surface area contributed by atoms with Gasteiger partial charge in [-0.3, -0.25) is 4.79 Å². The Bertz CT molecular complexity index is 1170. The van der Waals surface area contributed by atoms with Crippen molar-refractivity contribution in [3.8, 4) is 22.6 Å². The third-order valence-corrected chi connectivity index (χ3v) is 5.31. The fourth-order valence-corrected chi connectivity index (χ4v) is 3.70. The van der Waals surface area contributed by atoms with Crippen molar-refractivity contribution >= 4 is 11.6 Å². The Labute approximate surface area is 172 Å². The minimum absolute atomic E-state index is 0.0369. The molecular formula is C24H18FN3O2.